The van der Waals surface area contributed by atoms with E-state index in [1.807, 2.05) is 0 Å². The molecular weight excluding hydrogens is 312 g/mol. The van der Waals surface area contributed by atoms with Gasteiger partial charge in [-0.15, -0.1) is 0 Å². The molecule has 1 unspecified atom stereocenters. The zero-order valence-corrected chi connectivity index (χ0v) is 12.4. The van der Waals surface area contributed by atoms with Gasteiger partial charge in [0.25, 0.3) is 3.79 Å². The maximum absolute atomic E-state index is 12.2. The van der Waals surface area contributed by atoms with Gasteiger partial charge in [0.05, 0.1) is 12.3 Å². The van der Waals surface area contributed by atoms with Crippen LogP contribution in [0.5, 0.6) is 0 Å². The van der Waals surface area contributed by atoms with E-state index in [4.69, 9.17) is 39.5 Å². The summed E-state index contributed by atoms with van der Waals surface area (Å²) in [5.41, 5.74) is 0.637. The summed E-state index contributed by atoms with van der Waals surface area (Å²) < 4.78 is 4.65. The Bertz CT molecular complexity index is 513. The minimum Gasteiger partial charge on any atom is -0.381 e. The van der Waals surface area contributed by atoms with Crippen molar-refractivity contribution in [1.82, 2.24) is 4.57 Å². The van der Waals surface area contributed by atoms with Crippen LogP contribution < -0.4 is 0 Å². The number of carbonyl (C=O) groups is 2. The molecule has 104 valence electrons. The molecule has 19 heavy (non-hydrogen) atoms. The van der Waals surface area contributed by atoms with Gasteiger partial charge in [0, 0.05) is 31.3 Å². The molecule has 1 aliphatic heterocycles. The van der Waals surface area contributed by atoms with E-state index in [2.05, 4.69) is 0 Å². The molecule has 0 bridgehead atoms. The average molecular weight is 325 g/mol. The normalized spacial score (nSPS) is 19.7. The van der Waals surface area contributed by atoms with E-state index in [1.165, 1.54) is 10.6 Å². The maximum Gasteiger partial charge on any atom is 0.255 e. The largest absolute Gasteiger partial charge is 0.381 e. The van der Waals surface area contributed by atoms with Crippen LogP contribution in [-0.4, -0.2) is 33.1 Å². The molecule has 0 saturated carbocycles. The number of halogens is 3. The van der Waals surface area contributed by atoms with Crippen molar-refractivity contribution in [3.63, 3.8) is 0 Å². The first kappa shape index (κ1) is 14.9. The lowest BCUT2D eigenvalue weighted by molar-refractivity contribution is 0.0900. The highest BCUT2D eigenvalue weighted by atomic mass is 35.6. The van der Waals surface area contributed by atoms with E-state index in [0.29, 0.717) is 25.2 Å². The minimum atomic E-state index is -2.02. The maximum atomic E-state index is 12.2. The van der Waals surface area contributed by atoms with Gasteiger partial charge in [0.15, 0.2) is 5.78 Å². The second kappa shape index (κ2) is 5.44. The predicted octanol–water partition coefficient (Wildman–Crippen LogP) is 2.80. The summed E-state index contributed by atoms with van der Waals surface area (Å²) in [6.07, 6.45) is 2.27. The summed E-state index contributed by atoms with van der Waals surface area (Å²) in [5.74, 6) is -0.851. The second-order valence-corrected chi connectivity index (χ2v) is 6.76. The number of hydrogen-bond acceptors (Lipinski definition) is 3. The van der Waals surface area contributed by atoms with Crippen molar-refractivity contribution in [2.45, 2.75) is 10.2 Å². The number of rotatable bonds is 3. The Kier molecular flexibility index (Phi) is 4.26. The molecule has 1 atom stereocenters. The highest BCUT2D eigenvalue weighted by Crippen LogP contribution is 2.31. The zero-order valence-electron chi connectivity index (χ0n) is 10.2. The first-order valence-corrected chi connectivity index (χ1v) is 6.84. The average Bonchev–Trinajstić information content (AvgIpc) is 2.94. The van der Waals surface area contributed by atoms with Gasteiger partial charge in [0.2, 0.25) is 5.78 Å². The Balaban J connectivity index is 2.26. The lowest BCUT2D eigenvalue weighted by Crippen LogP contribution is -2.21. The number of aromatic nitrogens is 1. The van der Waals surface area contributed by atoms with Crippen LogP contribution in [0, 0.1) is 5.92 Å². The summed E-state index contributed by atoms with van der Waals surface area (Å²) in [5, 5.41) is 0. The zero-order chi connectivity index (χ0) is 14.2. The van der Waals surface area contributed by atoms with E-state index >= 15 is 0 Å². The summed E-state index contributed by atoms with van der Waals surface area (Å²) in [7, 11) is 1.63. The van der Waals surface area contributed by atoms with Gasteiger partial charge >= 0.3 is 0 Å². The van der Waals surface area contributed by atoms with Crippen LogP contribution in [0.15, 0.2) is 12.3 Å². The molecule has 2 heterocycles. The fourth-order valence-electron chi connectivity index (χ4n) is 2.05. The molecule has 7 heteroatoms. The quantitative estimate of drug-likeness (QED) is 0.634. The van der Waals surface area contributed by atoms with Crippen LogP contribution in [0.3, 0.4) is 0 Å². The third-order valence-corrected chi connectivity index (χ3v) is 3.59. The Morgan fingerprint density at radius 1 is 1.42 bits per heavy atom. The lowest BCUT2D eigenvalue weighted by Gasteiger charge is -2.09. The van der Waals surface area contributed by atoms with Crippen LogP contribution in [-0.2, 0) is 11.8 Å². The fraction of sp³-hybridized carbons (Fsp3) is 0.500. The van der Waals surface area contributed by atoms with E-state index in [9.17, 15) is 9.59 Å². The first-order chi connectivity index (χ1) is 8.80. The summed E-state index contributed by atoms with van der Waals surface area (Å²) >= 11 is 16.7. The van der Waals surface area contributed by atoms with Crippen molar-refractivity contribution in [3.8, 4) is 0 Å². The van der Waals surface area contributed by atoms with E-state index in [1.54, 1.807) is 13.2 Å². The van der Waals surface area contributed by atoms with Crippen molar-refractivity contribution < 1.29 is 14.3 Å². The van der Waals surface area contributed by atoms with Crippen LogP contribution >= 0.6 is 34.8 Å². The Morgan fingerprint density at radius 3 is 2.63 bits per heavy atom. The van der Waals surface area contributed by atoms with E-state index in [0.717, 1.165) is 0 Å². The Hall–Kier alpha value is -0.550. The molecule has 0 radical (unpaired) electrons. The first-order valence-electron chi connectivity index (χ1n) is 5.70. The topological polar surface area (TPSA) is 48.3 Å². The number of ketones is 2. The Labute approximate surface area is 125 Å². The number of carbonyl (C=O) groups excluding carboxylic acids is 2. The molecule has 0 N–H and O–H groups in total. The number of Topliss-reactive ketones (excluding diaryl/α,β-unsaturated/α-hetero) is 2. The Morgan fingerprint density at radius 2 is 2.11 bits per heavy atom. The molecular formula is C12H12Cl3NO3. The van der Waals surface area contributed by atoms with Crippen molar-refractivity contribution in [1.29, 1.82) is 0 Å². The van der Waals surface area contributed by atoms with Crippen LogP contribution in [0.1, 0.15) is 27.3 Å². The third-order valence-electron chi connectivity index (χ3n) is 3.08. The van der Waals surface area contributed by atoms with Crippen LogP contribution in [0.4, 0.5) is 0 Å². The summed E-state index contributed by atoms with van der Waals surface area (Å²) in [4.78, 5) is 24.1. The van der Waals surface area contributed by atoms with Crippen LogP contribution in [0.2, 0.25) is 0 Å². The molecule has 0 amide bonds. The number of ether oxygens (including phenoxy) is 1. The molecule has 2 rings (SSSR count). The van der Waals surface area contributed by atoms with Gasteiger partial charge in [-0.2, -0.15) is 0 Å². The minimum absolute atomic E-state index is 0.0449. The fourth-order valence-corrected chi connectivity index (χ4v) is 2.34. The number of nitrogens with zero attached hydrogens (tertiary/aromatic N) is 1. The highest BCUT2D eigenvalue weighted by molar-refractivity contribution is 6.77. The summed E-state index contributed by atoms with van der Waals surface area (Å²) in [6, 6.07) is 1.46. The van der Waals surface area contributed by atoms with Crippen molar-refractivity contribution in [2.75, 3.05) is 13.2 Å². The number of alkyl halides is 3. The van der Waals surface area contributed by atoms with Crippen LogP contribution in [0.25, 0.3) is 0 Å². The van der Waals surface area contributed by atoms with E-state index in [-0.39, 0.29) is 17.4 Å². The molecule has 1 aromatic heterocycles. The molecule has 1 aromatic rings. The molecule has 0 aromatic carbocycles. The van der Waals surface area contributed by atoms with Gasteiger partial charge < -0.3 is 9.30 Å². The van der Waals surface area contributed by atoms with Gasteiger partial charge in [-0.3, -0.25) is 9.59 Å². The van der Waals surface area contributed by atoms with Gasteiger partial charge in [0.1, 0.15) is 0 Å². The third kappa shape index (κ3) is 3.14. The number of hydrogen-bond donors (Lipinski definition) is 0. The van der Waals surface area contributed by atoms with Gasteiger partial charge in [-0.05, 0) is 12.5 Å². The van der Waals surface area contributed by atoms with Gasteiger partial charge in [-0.25, -0.2) is 0 Å². The number of aryl methyl sites for hydroxylation is 1. The van der Waals surface area contributed by atoms with Crippen molar-refractivity contribution in [3.05, 3.63) is 23.5 Å². The molecule has 4 nitrogen and oxygen atoms in total. The SMILES string of the molecule is Cn1cc(C(=O)C2CCOC2)cc1C(=O)C(Cl)(Cl)Cl. The summed E-state index contributed by atoms with van der Waals surface area (Å²) in [6.45, 7) is 1.00. The van der Waals surface area contributed by atoms with E-state index < -0.39 is 9.58 Å². The smallest absolute Gasteiger partial charge is 0.255 e. The molecule has 0 spiro atoms. The monoisotopic (exact) mass is 323 g/mol. The van der Waals surface area contributed by atoms with Gasteiger partial charge in [-0.1, -0.05) is 34.8 Å². The van der Waals surface area contributed by atoms with Crippen molar-refractivity contribution in [2.24, 2.45) is 13.0 Å². The molecule has 1 aliphatic rings. The molecule has 1 saturated heterocycles. The second-order valence-electron chi connectivity index (χ2n) is 4.48. The molecule has 1 fully saturated rings. The van der Waals surface area contributed by atoms with Crippen molar-refractivity contribution >= 4 is 46.4 Å². The lowest BCUT2D eigenvalue weighted by atomic mass is 9.99. The molecule has 0 aliphatic carbocycles. The predicted molar refractivity (Wildman–Crippen MR) is 73.3 cm³/mol. The highest BCUT2D eigenvalue weighted by Gasteiger charge is 2.34. The standard InChI is InChI=1S/C12H12Cl3NO3/c1-16-5-8(10(17)7-2-3-19-6-7)4-9(16)11(18)12(13,14)15/h4-5,7H,2-3,6H2,1H3.